The Morgan fingerprint density at radius 3 is 2.61 bits per heavy atom. The van der Waals surface area contributed by atoms with Crippen molar-refractivity contribution in [3.63, 3.8) is 0 Å². The van der Waals surface area contributed by atoms with E-state index in [0.717, 1.165) is 5.39 Å². The van der Waals surface area contributed by atoms with E-state index in [1.807, 2.05) is 12.1 Å². The van der Waals surface area contributed by atoms with Gasteiger partial charge >= 0.3 is 5.97 Å². The molecule has 1 saturated heterocycles. The molecule has 28 heavy (non-hydrogen) atoms. The predicted molar refractivity (Wildman–Crippen MR) is 101 cm³/mol. The van der Waals surface area contributed by atoms with E-state index in [0.29, 0.717) is 31.7 Å². The van der Waals surface area contributed by atoms with Crippen LogP contribution >= 0.6 is 0 Å². The number of rotatable bonds is 5. The average molecular weight is 386 g/mol. The van der Waals surface area contributed by atoms with Gasteiger partial charge in [0.25, 0.3) is 5.91 Å². The number of carbonyl (C=O) groups is 3. The van der Waals surface area contributed by atoms with Crippen LogP contribution in [0.15, 0.2) is 36.4 Å². The molecule has 1 N–H and O–H groups in total. The van der Waals surface area contributed by atoms with Gasteiger partial charge in [-0.3, -0.25) is 9.59 Å². The number of phenolic OH excluding ortho intramolecular Hbond substituents is 1. The van der Waals surface area contributed by atoms with Gasteiger partial charge in [0.05, 0.1) is 19.8 Å². The highest BCUT2D eigenvalue weighted by molar-refractivity contribution is 6.01. The van der Waals surface area contributed by atoms with Crippen LogP contribution in [0.1, 0.15) is 10.4 Å². The lowest BCUT2D eigenvalue weighted by Crippen LogP contribution is -2.46. The Balaban J connectivity index is 1.55. The lowest BCUT2D eigenvalue weighted by molar-refractivity contribution is -0.143. The van der Waals surface area contributed by atoms with Crippen LogP contribution in [0.3, 0.4) is 0 Å². The van der Waals surface area contributed by atoms with E-state index in [1.165, 1.54) is 18.0 Å². The smallest absolute Gasteiger partial charge is 0.342 e. The summed E-state index contributed by atoms with van der Waals surface area (Å²) in [4.78, 5) is 39.5. The monoisotopic (exact) mass is 386 g/mol. The van der Waals surface area contributed by atoms with Crippen LogP contribution in [0.2, 0.25) is 0 Å². The summed E-state index contributed by atoms with van der Waals surface area (Å²) < 4.78 is 10.2. The summed E-state index contributed by atoms with van der Waals surface area (Å²) in [5.41, 5.74) is -0.0152. The molecular formula is C20H22N2O6. The molecule has 1 heterocycles. The highest BCUT2D eigenvalue weighted by Gasteiger charge is 2.22. The maximum Gasteiger partial charge on any atom is 0.342 e. The van der Waals surface area contributed by atoms with E-state index < -0.39 is 18.5 Å². The summed E-state index contributed by atoms with van der Waals surface area (Å²) in [6.45, 7) is 1.34. The van der Waals surface area contributed by atoms with Crippen LogP contribution in [0.25, 0.3) is 10.8 Å². The van der Waals surface area contributed by atoms with Gasteiger partial charge < -0.3 is 24.4 Å². The van der Waals surface area contributed by atoms with Crippen LogP contribution in [0, 0.1) is 0 Å². The minimum absolute atomic E-state index is 0.0152. The summed E-state index contributed by atoms with van der Waals surface area (Å²) in [6, 6.07) is 10.2. The molecule has 2 aromatic carbocycles. The zero-order valence-electron chi connectivity index (χ0n) is 15.6. The Bertz CT molecular complexity index is 891. The SMILES string of the molecule is CN(CC(=O)N1CCOCC1)C(=O)COC(=O)c1ccc2ccccc2c1O. The maximum atomic E-state index is 12.3. The van der Waals surface area contributed by atoms with E-state index in [9.17, 15) is 19.5 Å². The second-order valence-electron chi connectivity index (χ2n) is 6.50. The molecule has 1 aliphatic rings. The Morgan fingerprint density at radius 2 is 1.86 bits per heavy atom. The molecule has 0 saturated carbocycles. The van der Waals surface area contributed by atoms with Crippen molar-refractivity contribution >= 4 is 28.6 Å². The molecule has 1 aliphatic heterocycles. The van der Waals surface area contributed by atoms with E-state index in [-0.39, 0.29) is 23.8 Å². The zero-order valence-corrected chi connectivity index (χ0v) is 15.6. The van der Waals surface area contributed by atoms with E-state index >= 15 is 0 Å². The quantitative estimate of drug-likeness (QED) is 0.771. The fraction of sp³-hybridized carbons (Fsp3) is 0.350. The summed E-state index contributed by atoms with van der Waals surface area (Å²) in [7, 11) is 1.47. The Kier molecular flexibility index (Phi) is 6.10. The highest BCUT2D eigenvalue weighted by Crippen LogP contribution is 2.28. The van der Waals surface area contributed by atoms with Crippen molar-refractivity contribution < 1.29 is 29.0 Å². The first-order chi connectivity index (χ1) is 13.5. The fourth-order valence-electron chi connectivity index (χ4n) is 2.94. The number of likely N-dealkylation sites (N-methyl/N-ethyl adjacent to an activating group) is 1. The van der Waals surface area contributed by atoms with Crippen LogP contribution < -0.4 is 0 Å². The number of amides is 2. The Labute approximate surface area is 162 Å². The summed E-state index contributed by atoms with van der Waals surface area (Å²) in [5, 5.41) is 11.6. The minimum atomic E-state index is -0.801. The molecule has 0 unspecified atom stereocenters. The summed E-state index contributed by atoms with van der Waals surface area (Å²) in [6.07, 6.45) is 0. The Morgan fingerprint density at radius 1 is 1.14 bits per heavy atom. The molecule has 1 fully saturated rings. The fourth-order valence-corrected chi connectivity index (χ4v) is 2.94. The van der Waals surface area contributed by atoms with Gasteiger partial charge in [0.15, 0.2) is 6.61 Å². The normalized spacial score (nSPS) is 14.0. The van der Waals surface area contributed by atoms with Gasteiger partial charge in [0.2, 0.25) is 5.91 Å². The number of phenols is 1. The van der Waals surface area contributed by atoms with Crippen molar-refractivity contribution in [2.75, 3.05) is 46.5 Å². The van der Waals surface area contributed by atoms with E-state index in [4.69, 9.17) is 9.47 Å². The van der Waals surface area contributed by atoms with Crippen molar-refractivity contribution in [1.29, 1.82) is 0 Å². The van der Waals surface area contributed by atoms with E-state index in [2.05, 4.69) is 0 Å². The largest absolute Gasteiger partial charge is 0.506 e. The first kappa shape index (κ1) is 19.6. The average Bonchev–Trinajstić information content (AvgIpc) is 2.72. The highest BCUT2D eigenvalue weighted by atomic mass is 16.5. The van der Waals surface area contributed by atoms with Gasteiger partial charge in [-0.05, 0) is 11.5 Å². The zero-order chi connectivity index (χ0) is 20.1. The number of fused-ring (bicyclic) bond motifs is 1. The number of ether oxygens (including phenoxy) is 2. The molecule has 0 spiro atoms. The third-order valence-corrected chi connectivity index (χ3v) is 4.61. The van der Waals surface area contributed by atoms with Crippen LogP contribution in [0.5, 0.6) is 5.75 Å². The molecule has 8 nitrogen and oxygen atoms in total. The van der Waals surface area contributed by atoms with E-state index in [1.54, 1.807) is 23.1 Å². The van der Waals surface area contributed by atoms with Crippen LogP contribution in [-0.4, -0.2) is 79.2 Å². The number of nitrogens with zero attached hydrogens (tertiary/aromatic N) is 2. The molecule has 0 atom stereocenters. The summed E-state index contributed by atoms with van der Waals surface area (Å²) in [5.74, 6) is -1.68. The van der Waals surface area contributed by atoms with Crippen LogP contribution in [0.4, 0.5) is 0 Å². The number of aromatic hydroxyl groups is 1. The van der Waals surface area contributed by atoms with Gasteiger partial charge in [0, 0.05) is 25.5 Å². The molecule has 148 valence electrons. The third kappa shape index (κ3) is 4.40. The lowest BCUT2D eigenvalue weighted by atomic mass is 10.1. The van der Waals surface area contributed by atoms with Crippen molar-refractivity contribution in [3.8, 4) is 5.75 Å². The first-order valence-electron chi connectivity index (χ1n) is 8.94. The second-order valence-corrected chi connectivity index (χ2v) is 6.50. The number of benzene rings is 2. The van der Waals surface area contributed by atoms with Crippen molar-refractivity contribution in [2.45, 2.75) is 0 Å². The first-order valence-corrected chi connectivity index (χ1v) is 8.94. The number of esters is 1. The lowest BCUT2D eigenvalue weighted by Gasteiger charge is -2.28. The van der Waals surface area contributed by atoms with Crippen molar-refractivity contribution in [2.24, 2.45) is 0 Å². The topological polar surface area (TPSA) is 96.4 Å². The minimum Gasteiger partial charge on any atom is -0.506 e. The number of hydrogen-bond acceptors (Lipinski definition) is 6. The van der Waals surface area contributed by atoms with Crippen molar-refractivity contribution in [3.05, 3.63) is 42.0 Å². The molecule has 0 aromatic heterocycles. The molecular weight excluding hydrogens is 364 g/mol. The maximum absolute atomic E-state index is 12.3. The molecule has 0 aliphatic carbocycles. The molecule has 2 aromatic rings. The van der Waals surface area contributed by atoms with Gasteiger partial charge in [-0.15, -0.1) is 0 Å². The van der Waals surface area contributed by atoms with Gasteiger partial charge in [-0.25, -0.2) is 4.79 Å². The molecule has 8 heteroatoms. The predicted octanol–water partition coefficient (Wildman–Crippen LogP) is 1.02. The third-order valence-electron chi connectivity index (χ3n) is 4.61. The molecule has 3 rings (SSSR count). The standard InChI is InChI=1S/C20H22N2O6/c1-21(12-17(23)22-8-10-27-11-9-22)18(24)13-28-20(26)16-7-6-14-4-2-3-5-15(14)19(16)25/h2-7,25H,8-13H2,1H3. The number of morpholine rings is 1. The molecule has 0 radical (unpaired) electrons. The summed E-state index contributed by atoms with van der Waals surface area (Å²) >= 11 is 0. The van der Waals surface area contributed by atoms with Gasteiger partial charge in [-0.1, -0.05) is 30.3 Å². The second kappa shape index (κ2) is 8.71. The molecule has 0 bridgehead atoms. The number of hydrogen-bond donors (Lipinski definition) is 1. The Hall–Kier alpha value is -3.13. The van der Waals surface area contributed by atoms with Gasteiger partial charge in [-0.2, -0.15) is 0 Å². The number of carbonyl (C=O) groups excluding carboxylic acids is 3. The van der Waals surface area contributed by atoms with Crippen molar-refractivity contribution in [1.82, 2.24) is 9.80 Å². The van der Waals surface area contributed by atoms with Crippen LogP contribution in [-0.2, 0) is 19.1 Å². The van der Waals surface area contributed by atoms with Gasteiger partial charge in [0.1, 0.15) is 11.3 Å². The molecule has 2 amide bonds.